The van der Waals surface area contributed by atoms with Gasteiger partial charge < -0.3 is 15.0 Å². The third-order valence-electron chi connectivity index (χ3n) is 4.01. The first-order chi connectivity index (χ1) is 10.4. The molecule has 1 saturated heterocycles. The van der Waals surface area contributed by atoms with Gasteiger partial charge in [0.1, 0.15) is 5.75 Å². The topological polar surface area (TPSA) is 41.6 Å². The molecule has 0 aromatic heterocycles. The number of piperidine rings is 1. The lowest BCUT2D eigenvalue weighted by molar-refractivity contribution is -0.137. The summed E-state index contributed by atoms with van der Waals surface area (Å²) in [6.07, 6.45) is 2.97. The molecular weight excluding hydrogens is 326 g/mol. The van der Waals surface area contributed by atoms with Gasteiger partial charge in [-0.25, -0.2) is 0 Å². The molecule has 0 radical (unpaired) electrons. The summed E-state index contributed by atoms with van der Waals surface area (Å²) < 4.78 is 28.5. The lowest BCUT2D eigenvalue weighted by Crippen LogP contribution is -2.57. The van der Waals surface area contributed by atoms with Crippen LogP contribution in [0.1, 0.15) is 31.7 Å². The predicted octanol–water partition coefficient (Wildman–Crippen LogP) is 3.20. The zero-order chi connectivity index (χ0) is 16.2. The number of rotatable bonds is 5. The lowest BCUT2D eigenvalue weighted by Gasteiger charge is -2.36. The fourth-order valence-corrected chi connectivity index (χ4v) is 2.78. The molecule has 1 aliphatic heterocycles. The van der Waals surface area contributed by atoms with E-state index in [0.717, 1.165) is 31.4 Å². The van der Waals surface area contributed by atoms with Crippen LogP contribution in [0.5, 0.6) is 5.75 Å². The highest BCUT2D eigenvalue weighted by molar-refractivity contribution is 5.86. The lowest BCUT2D eigenvalue weighted by atomic mass is 9.89. The molecule has 1 aromatic carbocycles. The molecule has 0 aliphatic carbocycles. The molecule has 1 fully saturated rings. The van der Waals surface area contributed by atoms with Crippen molar-refractivity contribution in [2.75, 3.05) is 13.6 Å². The van der Waals surface area contributed by atoms with Gasteiger partial charge in [0.2, 0.25) is 5.91 Å². The number of nitrogens with one attached hydrogen (secondary N) is 1. The Bertz CT molecular complexity index is 505. The fraction of sp³-hybridized carbons (Fsp3) is 0.562. The average Bonchev–Trinajstić information content (AvgIpc) is 2.48. The largest absolute Gasteiger partial charge is 0.435 e. The summed E-state index contributed by atoms with van der Waals surface area (Å²) in [5.41, 5.74) is 0.364. The van der Waals surface area contributed by atoms with E-state index in [1.165, 1.54) is 12.1 Å². The van der Waals surface area contributed by atoms with Gasteiger partial charge in [-0.15, -0.1) is 12.4 Å². The molecule has 1 heterocycles. The summed E-state index contributed by atoms with van der Waals surface area (Å²) in [5.74, 6) is 0.175. The molecule has 4 nitrogen and oxygen atoms in total. The first kappa shape index (κ1) is 19.6. The van der Waals surface area contributed by atoms with Crippen LogP contribution < -0.4 is 10.1 Å². The van der Waals surface area contributed by atoms with Crippen molar-refractivity contribution in [3.8, 4) is 5.75 Å². The SMILES string of the molecule is CN(Cc1ccc(OC(F)F)cc1)C(=O)C1(C)CCCCN1.Cl. The molecule has 0 saturated carbocycles. The number of carbonyl (C=O) groups is 1. The van der Waals surface area contributed by atoms with Crippen LogP contribution in [-0.4, -0.2) is 36.5 Å². The summed E-state index contributed by atoms with van der Waals surface area (Å²) in [6, 6.07) is 6.36. The minimum atomic E-state index is -2.83. The van der Waals surface area contributed by atoms with Gasteiger partial charge in [0.05, 0.1) is 5.54 Å². The summed E-state index contributed by atoms with van der Waals surface area (Å²) in [6.45, 7) is 0.401. The second-order valence-corrected chi connectivity index (χ2v) is 5.90. The van der Waals surface area contributed by atoms with Crippen LogP contribution in [0, 0.1) is 0 Å². The summed E-state index contributed by atoms with van der Waals surface area (Å²) in [4.78, 5) is 14.2. The predicted molar refractivity (Wildman–Crippen MR) is 87.1 cm³/mol. The highest BCUT2D eigenvalue weighted by Crippen LogP contribution is 2.22. The molecule has 130 valence electrons. The van der Waals surface area contributed by atoms with Gasteiger partial charge in [-0.05, 0) is 50.4 Å². The third kappa shape index (κ3) is 5.32. The number of alkyl halides is 2. The van der Waals surface area contributed by atoms with Crippen molar-refractivity contribution in [3.63, 3.8) is 0 Å². The smallest absolute Gasteiger partial charge is 0.387 e. The number of amides is 1. The molecular formula is C16H23ClF2N2O2. The van der Waals surface area contributed by atoms with E-state index in [9.17, 15) is 13.6 Å². The van der Waals surface area contributed by atoms with Crippen molar-refractivity contribution < 1.29 is 18.3 Å². The maximum absolute atomic E-state index is 12.6. The molecule has 1 amide bonds. The standard InChI is InChI=1S/C16H22F2N2O2.ClH/c1-16(9-3-4-10-19-16)14(21)20(2)11-12-5-7-13(8-6-12)22-15(17)18;/h5-8,15,19H,3-4,9-11H2,1-2H3;1H. The van der Waals surface area contributed by atoms with Crippen LogP contribution in [0.3, 0.4) is 0 Å². The molecule has 23 heavy (non-hydrogen) atoms. The molecule has 7 heteroatoms. The van der Waals surface area contributed by atoms with Gasteiger partial charge in [0, 0.05) is 13.6 Å². The maximum Gasteiger partial charge on any atom is 0.387 e. The average molecular weight is 349 g/mol. The number of hydrogen-bond acceptors (Lipinski definition) is 3. The minimum Gasteiger partial charge on any atom is -0.435 e. The quantitative estimate of drug-likeness (QED) is 0.888. The van der Waals surface area contributed by atoms with E-state index >= 15 is 0 Å². The molecule has 0 spiro atoms. The maximum atomic E-state index is 12.6. The van der Waals surface area contributed by atoms with Gasteiger partial charge in [-0.3, -0.25) is 4.79 Å². The number of hydrogen-bond donors (Lipinski definition) is 1. The first-order valence-corrected chi connectivity index (χ1v) is 7.45. The van der Waals surface area contributed by atoms with Crippen LogP contribution in [0.4, 0.5) is 8.78 Å². The highest BCUT2D eigenvalue weighted by Gasteiger charge is 2.36. The van der Waals surface area contributed by atoms with Gasteiger partial charge in [-0.2, -0.15) is 8.78 Å². The Balaban J connectivity index is 0.00000264. The number of halogens is 3. The summed E-state index contributed by atoms with van der Waals surface area (Å²) >= 11 is 0. The third-order valence-corrected chi connectivity index (χ3v) is 4.01. The molecule has 1 aliphatic rings. The fourth-order valence-electron chi connectivity index (χ4n) is 2.78. The molecule has 0 bridgehead atoms. The highest BCUT2D eigenvalue weighted by atomic mass is 35.5. The Labute approximate surface area is 141 Å². The molecule has 2 rings (SSSR count). The van der Waals surface area contributed by atoms with E-state index in [-0.39, 0.29) is 24.1 Å². The Morgan fingerprint density at radius 1 is 1.35 bits per heavy atom. The first-order valence-electron chi connectivity index (χ1n) is 7.45. The molecule has 1 unspecified atom stereocenters. The van der Waals surface area contributed by atoms with E-state index in [4.69, 9.17) is 0 Å². The second kappa shape index (κ2) is 8.45. The zero-order valence-electron chi connectivity index (χ0n) is 13.4. The van der Waals surface area contributed by atoms with Crippen LogP contribution in [0.2, 0.25) is 0 Å². The van der Waals surface area contributed by atoms with Crippen LogP contribution in [0.15, 0.2) is 24.3 Å². The van der Waals surface area contributed by atoms with Gasteiger partial charge in [0.15, 0.2) is 0 Å². The van der Waals surface area contributed by atoms with Gasteiger partial charge >= 0.3 is 6.61 Å². The summed E-state index contributed by atoms with van der Waals surface area (Å²) in [7, 11) is 1.76. The van der Waals surface area contributed by atoms with Crippen molar-refractivity contribution >= 4 is 18.3 Å². The van der Waals surface area contributed by atoms with Crippen LogP contribution in [-0.2, 0) is 11.3 Å². The number of nitrogens with zero attached hydrogens (tertiary/aromatic N) is 1. The van der Waals surface area contributed by atoms with E-state index < -0.39 is 12.2 Å². The summed E-state index contributed by atoms with van der Waals surface area (Å²) in [5, 5.41) is 3.30. The van der Waals surface area contributed by atoms with Crippen molar-refractivity contribution in [2.45, 2.75) is 44.9 Å². The number of ether oxygens (including phenoxy) is 1. The number of likely N-dealkylation sites (N-methyl/N-ethyl adjacent to an activating group) is 1. The zero-order valence-corrected chi connectivity index (χ0v) is 14.2. The van der Waals surface area contributed by atoms with E-state index in [1.807, 2.05) is 6.92 Å². The van der Waals surface area contributed by atoms with Crippen molar-refractivity contribution in [1.29, 1.82) is 0 Å². The molecule has 1 atom stereocenters. The monoisotopic (exact) mass is 348 g/mol. The van der Waals surface area contributed by atoms with Gasteiger partial charge in [0.25, 0.3) is 0 Å². The second-order valence-electron chi connectivity index (χ2n) is 5.90. The van der Waals surface area contributed by atoms with Crippen molar-refractivity contribution in [3.05, 3.63) is 29.8 Å². The van der Waals surface area contributed by atoms with Gasteiger partial charge in [-0.1, -0.05) is 12.1 Å². The van der Waals surface area contributed by atoms with E-state index in [1.54, 1.807) is 24.1 Å². The Hall–Kier alpha value is -1.40. The Morgan fingerprint density at radius 2 is 2.00 bits per heavy atom. The number of carbonyl (C=O) groups excluding carboxylic acids is 1. The Morgan fingerprint density at radius 3 is 2.52 bits per heavy atom. The van der Waals surface area contributed by atoms with Crippen LogP contribution in [0.25, 0.3) is 0 Å². The van der Waals surface area contributed by atoms with E-state index in [0.29, 0.717) is 6.54 Å². The molecule has 1 N–H and O–H groups in total. The minimum absolute atomic E-state index is 0. The normalized spacial score (nSPS) is 20.7. The number of benzene rings is 1. The molecule has 1 aromatic rings. The van der Waals surface area contributed by atoms with Crippen LogP contribution >= 0.6 is 12.4 Å². The van der Waals surface area contributed by atoms with Crippen molar-refractivity contribution in [1.82, 2.24) is 10.2 Å². The van der Waals surface area contributed by atoms with Crippen molar-refractivity contribution in [2.24, 2.45) is 0 Å². The van der Waals surface area contributed by atoms with E-state index in [2.05, 4.69) is 10.1 Å². The Kier molecular flexibility index (Phi) is 7.22.